The summed E-state index contributed by atoms with van der Waals surface area (Å²) < 4.78 is 6.04. The molecule has 0 amide bonds. The van der Waals surface area contributed by atoms with Crippen molar-refractivity contribution in [2.24, 2.45) is 11.8 Å². The summed E-state index contributed by atoms with van der Waals surface area (Å²) in [4.78, 5) is 8.78. The van der Waals surface area contributed by atoms with Gasteiger partial charge in [0, 0.05) is 12.7 Å². The van der Waals surface area contributed by atoms with E-state index in [1.807, 2.05) is 6.20 Å². The van der Waals surface area contributed by atoms with E-state index in [1.54, 1.807) is 6.20 Å². The second-order valence-electron chi connectivity index (χ2n) is 6.18. The van der Waals surface area contributed by atoms with Gasteiger partial charge < -0.3 is 10.1 Å². The molecule has 4 heteroatoms. The molecule has 0 saturated heterocycles. The van der Waals surface area contributed by atoms with Crippen molar-refractivity contribution in [1.82, 2.24) is 15.3 Å². The minimum atomic E-state index is 0.293. The molecule has 4 nitrogen and oxygen atoms in total. The SMILES string of the molecule is CCCNCc1cncc(OC2CC(C)CC(C)C2)n1. The Morgan fingerprint density at radius 1 is 1.20 bits per heavy atom. The van der Waals surface area contributed by atoms with Crippen molar-refractivity contribution in [3.63, 3.8) is 0 Å². The summed E-state index contributed by atoms with van der Waals surface area (Å²) >= 11 is 0. The molecule has 0 aromatic carbocycles. The first-order chi connectivity index (χ1) is 9.67. The number of nitrogens with one attached hydrogen (secondary N) is 1. The number of nitrogens with zero attached hydrogens (tertiary/aromatic N) is 2. The molecule has 112 valence electrons. The molecule has 1 N–H and O–H groups in total. The van der Waals surface area contributed by atoms with E-state index < -0.39 is 0 Å². The maximum absolute atomic E-state index is 6.04. The standard InChI is InChI=1S/C16H27N3O/c1-4-5-17-9-14-10-18-11-16(19-14)20-15-7-12(2)6-13(3)8-15/h10-13,15,17H,4-9H2,1-3H3. The number of hydrogen-bond donors (Lipinski definition) is 1. The summed E-state index contributed by atoms with van der Waals surface area (Å²) in [5.41, 5.74) is 0.952. The molecule has 1 saturated carbocycles. The van der Waals surface area contributed by atoms with Crippen LogP contribution in [0.25, 0.3) is 0 Å². The molecular weight excluding hydrogens is 250 g/mol. The fraction of sp³-hybridized carbons (Fsp3) is 0.750. The Bertz CT molecular complexity index is 400. The average molecular weight is 277 g/mol. The van der Waals surface area contributed by atoms with Crippen LogP contribution in [0.4, 0.5) is 0 Å². The zero-order valence-corrected chi connectivity index (χ0v) is 12.9. The molecule has 1 aliphatic rings. The monoisotopic (exact) mass is 277 g/mol. The smallest absolute Gasteiger partial charge is 0.232 e. The normalized spacial score (nSPS) is 26.4. The molecule has 2 unspecified atom stereocenters. The van der Waals surface area contributed by atoms with Crippen LogP contribution in [0.3, 0.4) is 0 Å². The summed E-state index contributed by atoms with van der Waals surface area (Å²) in [5.74, 6) is 2.16. The van der Waals surface area contributed by atoms with Crippen LogP contribution in [0.2, 0.25) is 0 Å². The third kappa shape index (κ3) is 4.75. The lowest BCUT2D eigenvalue weighted by Crippen LogP contribution is -2.29. The molecule has 0 spiro atoms. The van der Waals surface area contributed by atoms with Crippen LogP contribution >= 0.6 is 0 Å². The van der Waals surface area contributed by atoms with Crippen molar-refractivity contribution in [3.05, 3.63) is 18.1 Å². The second kappa shape index (κ2) is 7.58. The summed E-state index contributed by atoms with van der Waals surface area (Å²) in [5, 5.41) is 3.34. The van der Waals surface area contributed by atoms with Crippen molar-refractivity contribution in [2.45, 2.75) is 59.1 Å². The first-order valence-electron chi connectivity index (χ1n) is 7.85. The third-order valence-corrected chi connectivity index (χ3v) is 3.82. The van der Waals surface area contributed by atoms with E-state index in [1.165, 1.54) is 6.42 Å². The second-order valence-corrected chi connectivity index (χ2v) is 6.18. The average Bonchev–Trinajstić information content (AvgIpc) is 2.38. The quantitative estimate of drug-likeness (QED) is 0.811. The Morgan fingerprint density at radius 3 is 2.65 bits per heavy atom. The predicted molar refractivity (Wildman–Crippen MR) is 80.6 cm³/mol. The van der Waals surface area contributed by atoms with Gasteiger partial charge in [-0.25, -0.2) is 4.98 Å². The van der Waals surface area contributed by atoms with E-state index >= 15 is 0 Å². The van der Waals surface area contributed by atoms with Crippen LogP contribution < -0.4 is 10.1 Å². The number of hydrogen-bond acceptors (Lipinski definition) is 4. The zero-order chi connectivity index (χ0) is 14.4. The van der Waals surface area contributed by atoms with Crippen molar-refractivity contribution in [3.8, 4) is 5.88 Å². The van der Waals surface area contributed by atoms with Crippen LogP contribution in [0.5, 0.6) is 5.88 Å². The molecule has 20 heavy (non-hydrogen) atoms. The Hall–Kier alpha value is -1.16. The Balaban J connectivity index is 1.90. The molecule has 0 radical (unpaired) electrons. The van der Waals surface area contributed by atoms with Gasteiger partial charge in [0.25, 0.3) is 0 Å². The molecule has 1 fully saturated rings. The Labute approximate surface area is 122 Å². The molecule has 1 aromatic rings. The van der Waals surface area contributed by atoms with E-state index in [2.05, 4.69) is 36.1 Å². The van der Waals surface area contributed by atoms with Gasteiger partial charge in [0.1, 0.15) is 6.10 Å². The van der Waals surface area contributed by atoms with Gasteiger partial charge in [-0.15, -0.1) is 0 Å². The maximum Gasteiger partial charge on any atom is 0.232 e. The number of aromatic nitrogens is 2. The topological polar surface area (TPSA) is 47.0 Å². The summed E-state index contributed by atoms with van der Waals surface area (Å²) in [6.45, 7) is 8.54. The third-order valence-electron chi connectivity index (χ3n) is 3.82. The van der Waals surface area contributed by atoms with E-state index in [0.717, 1.165) is 49.9 Å². The molecular formula is C16H27N3O. The first kappa shape index (κ1) is 15.2. The minimum Gasteiger partial charge on any atom is -0.473 e. The van der Waals surface area contributed by atoms with Gasteiger partial charge in [-0.3, -0.25) is 4.98 Å². The van der Waals surface area contributed by atoms with Gasteiger partial charge >= 0.3 is 0 Å². The molecule has 2 rings (SSSR count). The largest absolute Gasteiger partial charge is 0.473 e. The molecule has 0 aliphatic heterocycles. The van der Waals surface area contributed by atoms with E-state index in [9.17, 15) is 0 Å². The fourth-order valence-corrected chi connectivity index (χ4v) is 3.06. The molecule has 1 heterocycles. The molecule has 0 bridgehead atoms. The van der Waals surface area contributed by atoms with Crippen molar-refractivity contribution < 1.29 is 4.74 Å². The van der Waals surface area contributed by atoms with Gasteiger partial charge in [0.2, 0.25) is 5.88 Å². The lowest BCUT2D eigenvalue weighted by molar-refractivity contribution is 0.0960. The summed E-state index contributed by atoms with van der Waals surface area (Å²) in [6, 6.07) is 0. The van der Waals surface area contributed by atoms with E-state index in [0.29, 0.717) is 12.0 Å². The van der Waals surface area contributed by atoms with Gasteiger partial charge in [-0.05, 0) is 44.1 Å². The van der Waals surface area contributed by atoms with Crippen molar-refractivity contribution in [1.29, 1.82) is 0 Å². The first-order valence-corrected chi connectivity index (χ1v) is 7.85. The van der Waals surface area contributed by atoms with E-state index in [-0.39, 0.29) is 0 Å². The van der Waals surface area contributed by atoms with Crippen LogP contribution in [-0.4, -0.2) is 22.6 Å². The summed E-state index contributed by atoms with van der Waals surface area (Å²) in [7, 11) is 0. The highest BCUT2D eigenvalue weighted by Gasteiger charge is 2.25. The molecule has 1 aliphatic carbocycles. The van der Waals surface area contributed by atoms with Gasteiger partial charge in [-0.1, -0.05) is 20.8 Å². The Morgan fingerprint density at radius 2 is 1.95 bits per heavy atom. The van der Waals surface area contributed by atoms with Crippen molar-refractivity contribution in [2.75, 3.05) is 6.54 Å². The lowest BCUT2D eigenvalue weighted by Gasteiger charge is -2.31. The van der Waals surface area contributed by atoms with Crippen LogP contribution in [0.1, 0.15) is 52.1 Å². The Kier molecular flexibility index (Phi) is 5.77. The van der Waals surface area contributed by atoms with Crippen LogP contribution in [0, 0.1) is 11.8 Å². The van der Waals surface area contributed by atoms with Crippen molar-refractivity contribution >= 4 is 0 Å². The number of rotatable bonds is 6. The lowest BCUT2D eigenvalue weighted by atomic mass is 9.82. The number of ether oxygens (including phenoxy) is 1. The van der Waals surface area contributed by atoms with E-state index in [4.69, 9.17) is 4.74 Å². The molecule has 1 aromatic heterocycles. The minimum absolute atomic E-state index is 0.293. The van der Waals surface area contributed by atoms with Crippen LogP contribution in [-0.2, 0) is 6.54 Å². The van der Waals surface area contributed by atoms with Gasteiger partial charge in [-0.2, -0.15) is 0 Å². The highest BCUT2D eigenvalue weighted by molar-refractivity contribution is 5.09. The van der Waals surface area contributed by atoms with Gasteiger partial charge in [0.15, 0.2) is 0 Å². The van der Waals surface area contributed by atoms with Gasteiger partial charge in [0.05, 0.1) is 11.9 Å². The molecule has 2 atom stereocenters. The zero-order valence-electron chi connectivity index (χ0n) is 12.9. The fourth-order valence-electron chi connectivity index (χ4n) is 3.06. The summed E-state index contributed by atoms with van der Waals surface area (Å²) in [6.07, 6.45) is 8.53. The predicted octanol–water partition coefficient (Wildman–Crippen LogP) is 3.18. The van der Waals surface area contributed by atoms with Crippen LogP contribution in [0.15, 0.2) is 12.4 Å². The highest BCUT2D eigenvalue weighted by Crippen LogP contribution is 2.30. The maximum atomic E-state index is 6.04. The highest BCUT2D eigenvalue weighted by atomic mass is 16.5.